The first-order chi connectivity index (χ1) is 16.3. The first-order valence-electron chi connectivity index (χ1n) is 11.3. The molecule has 1 aromatic carbocycles. The summed E-state index contributed by atoms with van der Waals surface area (Å²) in [5.41, 5.74) is 5.32. The van der Waals surface area contributed by atoms with E-state index in [0.717, 1.165) is 41.4 Å². The summed E-state index contributed by atoms with van der Waals surface area (Å²) in [5.74, 6) is 2.62. The highest BCUT2D eigenvalue weighted by atomic mass is 35.5. The number of nitrogens with one attached hydrogen (secondary N) is 1. The van der Waals surface area contributed by atoms with E-state index in [1.165, 1.54) is 5.57 Å². The quantitative estimate of drug-likeness (QED) is 0.462. The molecule has 1 unspecified atom stereocenters. The Bertz CT molecular complexity index is 1200. The molecule has 1 aliphatic rings. The first-order valence-corrected chi connectivity index (χ1v) is 11.6. The van der Waals surface area contributed by atoms with Gasteiger partial charge in [-0.25, -0.2) is 9.97 Å². The van der Waals surface area contributed by atoms with Crippen LogP contribution in [-0.4, -0.2) is 59.6 Å². The van der Waals surface area contributed by atoms with Gasteiger partial charge in [0.2, 0.25) is 0 Å². The molecule has 180 valence electrons. The number of likely N-dealkylation sites (N-methyl/N-ethyl adjacent to an activating group) is 1. The molecule has 1 aliphatic heterocycles. The molecule has 4 rings (SSSR count). The van der Waals surface area contributed by atoms with E-state index in [9.17, 15) is 5.11 Å². The van der Waals surface area contributed by atoms with Crippen LogP contribution in [0.15, 0.2) is 34.4 Å². The highest BCUT2D eigenvalue weighted by Crippen LogP contribution is 2.37. The fourth-order valence-electron chi connectivity index (χ4n) is 4.11. The molecule has 1 atom stereocenters. The van der Waals surface area contributed by atoms with E-state index >= 15 is 0 Å². The van der Waals surface area contributed by atoms with Crippen LogP contribution in [0.1, 0.15) is 23.9 Å². The number of aliphatic hydroxyl groups is 1. The van der Waals surface area contributed by atoms with E-state index in [2.05, 4.69) is 28.4 Å². The van der Waals surface area contributed by atoms with Gasteiger partial charge in [-0.3, -0.25) is 0 Å². The first kappa shape index (κ1) is 24.2. The van der Waals surface area contributed by atoms with Crippen molar-refractivity contribution >= 4 is 17.4 Å². The zero-order chi connectivity index (χ0) is 24.4. The number of aryl methyl sites for hydroxylation is 2. The molecule has 0 spiro atoms. The van der Waals surface area contributed by atoms with Crippen LogP contribution < -0.4 is 15.0 Å². The molecule has 0 saturated heterocycles. The zero-order valence-corrected chi connectivity index (χ0v) is 20.9. The molecule has 0 amide bonds. The summed E-state index contributed by atoms with van der Waals surface area (Å²) in [7, 11) is 1.78. The summed E-state index contributed by atoms with van der Waals surface area (Å²) >= 11 is 6.61. The number of anilines is 1. The molecule has 0 aliphatic carbocycles. The zero-order valence-electron chi connectivity index (χ0n) is 20.1. The Morgan fingerprint density at radius 2 is 2.03 bits per heavy atom. The largest absolute Gasteiger partial charge is 0.491 e. The van der Waals surface area contributed by atoms with Gasteiger partial charge in [0, 0.05) is 30.8 Å². The molecule has 34 heavy (non-hydrogen) atoms. The molecule has 3 aromatic rings. The summed E-state index contributed by atoms with van der Waals surface area (Å²) < 4.78 is 11.2. The Morgan fingerprint density at radius 1 is 1.24 bits per heavy atom. The lowest BCUT2D eigenvalue weighted by atomic mass is 10.0. The highest BCUT2D eigenvalue weighted by Gasteiger charge is 2.24. The summed E-state index contributed by atoms with van der Waals surface area (Å²) in [5, 5.41) is 17.6. The smallest absolute Gasteiger partial charge is 0.163 e. The van der Waals surface area contributed by atoms with Crippen molar-refractivity contribution in [2.45, 2.75) is 33.8 Å². The number of halogens is 1. The molecule has 9 heteroatoms. The van der Waals surface area contributed by atoms with Crippen LogP contribution in [0, 0.1) is 20.8 Å². The maximum absolute atomic E-state index is 9.99. The van der Waals surface area contributed by atoms with E-state index in [1.54, 1.807) is 19.2 Å². The predicted octanol–water partition coefficient (Wildman–Crippen LogP) is 4.10. The molecular weight excluding hydrogens is 454 g/mol. The van der Waals surface area contributed by atoms with Crippen molar-refractivity contribution in [1.82, 2.24) is 20.4 Å². The second-order valence-electron chi connectivity index (χ2n) is 8.64. The standard InChI is InChI=1S/C25H30ClN5O3/c1-14-8-9-31(12-14)25-15(2)23(22-16(3)30-34-17(22)4)28-24(29-25)20-10-19(6-7-21(20)26)33-13-18(32)11-27-5/h6-8,10,18,27,32H,9,11-13H2,1-5H3. The van der Waals surface area contributed by atoms with Gasteiger partial charge in [-0.2, -0.15) is 0 Å². The lowest BCUT2D eigenvalue weighted by Crippen LogP contribution is -2.29. The molecule has 0 saturated carbocycles. The number of aliphatic hydroxyl groups excluding tert-OH is 1. The number of ether oxygens (including phenoxy) is 1. The molecule has 2 aromatic heterocycles. The summed E-state index contributed by atoms with van der Waals surface area (Å²) in [6, 6.07) is 5.35. The van der Waals surface area contributed by atoms with Crippen LogP contribution in [-0.2, 0) is 0 Å². The van der Waals surface area contributed by atoms with E-state index < -0.39 is 6.10 Å². The van der Waals surface area contributed by atoms with E-state index in [-0.39, 0.29) is 6.61 Å². The normalized spacial score (nSPS) is 14.4. The van der Waals surface area contributed by atoms with Crippen molar-refractivity contribution < 1.29 is 14.4 Å². The molecular formula is C25H30ClN5O3. The second kappa shape index (κ2) is 10.1. The number of hydrogen-bond donors (Lipinski definition) is 2. The maximum Gasteiger partial charge on any atom is 0.163 e. The number of aromatic nitrogens is 3. The van der Waals surface area contributed by atoms with Crippen molar-refractivity contribution in [2.24, 2.45) is 0 Å². The van der Waals surface area contributed by atoms with Crippen molar-refractivity contribution in [1.29, 1.82) is 0 Å². The number of benzene rings is 1. The van der Waals surface area contributed by atoms with Gasteiger partial charge in [0.05, 0.1) is 22.0 Å². The summed E-state index contributed by atoms with van der Waals surface area (Å²) in [6.45, 7) is 10.1. The van der Waals surface area contributed by atoms with Gasteiger partial charge < -0.3 is 24.6 Å². The summed E-state index contributed by atoms with van der Waals surface area (Å²) in [4.78, 5) is 12.1. The number of rotatable bonds is 8. The molecule has 3 heterocycles. The van der Waals surface area contributed by atoms with Crippen molar-refractivity contribution in [2.75, 3.05) is 38.2 Å². The monoisotopic (exact) mass is 483 g/mol. The topological polar surface area (TPSA) is 96.5 Å². The van der Waals surface area contributed by atoms with Crippen LogP contribution in [0.2, 0.25) is 5.02 Å². The summed E-state index contributed by atoms with van der Waals surface area (Å²) in [6.07, 6.45) is 1.58. The fraction of sp³-hybridized carbons (Fsp3) is 0.400. The van der Waals surface area contributed by atoms with Gasteiger partial charge in [-0.1, -0.05) is 28.4 Å². The Labute approximate surface area is 204 Å². The fourth-order valence-corrected chi connectivity index (χ4v) is 4.31. The average Bonchev–Trinajstić information content (AvgIpc) is 3.38. The van der Waals surface area contributed by atoms with Crippen molar-refractivity contribution in [3.8, 4) is 28.4 Å². The minimum Gasteiger partial charge on any atom is -0.491 e. The average molecular weight is 484 g/mol. The minimum absolute atomic E-state index is 0.158. The third-order valence-electron chi connectivity index (χ3n) is 5.85. The molecule has 0 bridgehead atoms. The van der Waals surface area contributed by atoms with Crippen molar-refractivity contribution in [3.05, 3.63) is 51.9 Å². The van der Waals surface area contributed by atoms with Gasteiger partial charge in [0.15, 0.2) is 5.82 Å². The van der Waals surface area contributed by atoms with Gasteiger partial charge >= 0.3 is 0 Å². The van der Waals surface area contributed by atoms with Crippen LogP contribution >= 0.6 is 11.6 Å². The Hall–Kier alpha value is -2.94. The molecule has 8 nitrogen and oxygen atoms in total. The Kier molecular flexibility index (Phi) is 7.21. The molecule has 0 fully saturated rings. The van der Waals surface area contributed by atoms with E-state index in [0.29, 0.717) is 34.5 Å². The Morgan fingerprint density at radius 3 is 2.68 bits per heavy atom. The third-order valence-corrected chi connectivity index (χ3v) is 6.18. The van der Waals surface area contributed by atoms with Crippen LogP contribution in [0.5, 0.6) is 5.75 Å². The van der Waals surface area contributed by atoms with E-state index in [1.807, 2.05) is 26.8 Å². The van der Waals surface area contributed by atoms with Crippen molar-refractivity contribution in [3.63, 3.8) is 0 Å². The lowest BCUT2D eigenvalue weighted by molar-refractivity contribution is 0.108. The SMILES string of the molecule is CNCC(O)COc1ccc(Cl)c(-c2nc(-c3c(C)noc3C)c(C)c(N3CC=C(C)C3)n2)c1. The lowest BCUT2D eigenvalue weighted by Gasteiger charge is -2.22. The van der Waals surface area contributed by atoms with Gasteiger partial charge in [-0.05, 0) is 52.9 Å². The second-order valence-corrected chi connectivity index (χ2v) is 9.05. The minimum atomic E-state index is -0.622. The van der Waals surface area contributed by atoms with Gasteiger partial charge in [0.1, 0.15) is 30.0 Å². The van der Waals surface area contributed by atoms with Crippen LogP contribution in [0.4, 0.5) is 5.82 Å². The number of nitrogens with zero attached hydrogens (tertiary/aromatic N) is 4. The highest BCUT2D eigenvalue weighted by molar-refractivity contribution is 6.33. The van der Waals surface area contributed by atoms with Crippen LogP contribution in [0.25, 0.3) is 22.6 Å². The predicted molar refractivity (Wildman–Crippen MR) is 134 cm³/mol. The third kappa shape index (κ3) is 4.94. The Balaban J connectivity index is 1.80. The van der Waals surface area contributed by atoms with Crippen LogP contribution in [0.3, 0.4) is 0 Å². The molecule has 0 radical (unpaired) electrons. The van der Waals surface area contributed by atoms with Gasteiger partial charge in [0.25, 0.3) is 0 Å². The van der Waals surface area contributed by atoms with Gasteiger partial charge in [-0.15, -0.1) is 0 Å². The van der Waals surface area contributed by atoms with E-state index in [4.69, 9.17) is 30.8 Å². The maximum atomic E-state index is 9.99. The number of hydrogen-bond acceptors (Lipinski definition) is 8. The molecule has 2 N–H and O–H groups in total.